The first-order valence-electron chi connectivity index (χ1n) is 10.2. The smallest absolute Gasteiger partial charge is 0.342 e. The maximum Gasteiger partial charge on any atom is 0.342 e. The molecule has 1 aliphatic rings. The van der Waals surface area contributed by atoms with Gasteiger partial charge in [-0.05, 0) is 45.4 Å². The van der Waals surface area contributed by atoms with Gasteiger partial charge in [-0.3, -0.25) is 4.90 Å². The van der Waals surface area contributed by atoms with Crippen molar-refractivity contribution >= 4 is 28.6 Å². The average molecular weight is 399 g/mol. The Balaban J connectivity index is 2.21. The number of H-pyrrole nitrogens is 1. The first-order valence-corrected chi connectivity index (χ1v) is 10.2. The van der Waals surface area contributed by atoms with E-state index in [1.165, 1.54) is 0 Å². The van der Waals surface area contributed by atoms with Gasteiger partial charge in [0, 0.05) is 42.8 Å². The number of nitrogens with zero attached hydrogens (tertiary/aromatic N) is 3. The largest absolute Gasteiger partial charge is 0.459 e. The molecule has 29 heavy (non-hydrogen) atoms. The second kappa shape index (κ2) is 7.89. The highest BCUT2D eigenvalue weighted by Crippen LogP contribution is 2.40. The molecule has 0 fully saturated rings. The molecule has 7 heteroatoms. The highest BCUT2D eigenvalue weighted by molar-refractivity contribution is 6.18. The number of amides is 2. The molecule has 1 N–H and O–H groups in total. The van der Waals surface area contributed by atoms with Crippen molar-refractivity contribution in [2.45, 2.75) is 53.1 Å². The molecule has 0 aromatic carbocycles. The van der Waals surface area contributed by atoms with Gasteiger partial charge in [0.15, 0.2) is 0 Å². The molecular weight excluding hydrogens is 368 g/mol. The van der Waals surface area contributed by atoms with Crippen molar-refractivity contribution in [3.8, 4) is 0 Å². The summed E-state index contributed by atoms with van der Waals surface area (Å²) in [4.78, 5) is 37.3. The third kappa shape index (κ3) is 3.86. The van der Waals surface area contributed by atoms with Crippen molar-refractivity contribution in [3.63, 3.8) is 0 Å². The van der Waals surface area contributed by atoms with E-state index in [-0.39, 0.29) is 12.1 Å². The van der Waals surface area contributed by atoms with E-state index in [1.807, 2.05) is 39.8 Å². The van der Waals surface area contributed by atoms with Gasteiger partial charge in [-0.2, -0.15) is 0 Å². The van der Waals surface area contributed by atoms with Gasteiger partial charge in [0.05, 0.1) is 17.4 Å². The number of fused-ring (bicyclic) bond motifs is 3. The third-order valence-electron chi connectivity index (χ3n) is 5.21. The summed E-state index contributed by atoms with van der Waals surface area (Å²) in [5.74, 6) is -0.456. The minimum atomic E-state index is -0.456. The average Bonchev–Trinajstić information content (AvgIpc) is 2.99. The predicted octanol–water partition coefficient (Wildman–Crippen LogP) is 3.91. The van der Waals surface area contributed by atoms with Crippen molar-refractivity contribution in [1.29, 1.82) is 0 Å². The Labute approximate surface area is 171 Å². The van der Waals surface area contributed by atoms with E-state index < -0.39 is 11.4 Å². The molecule has 7 nitrogen and oxygen atoms in total. The summed E-state index contributed by atoms with van der Waals surface area (Å²) in [5, 5.41) is 0.952. The molecule has 2 amide bonds. The monoisotopic (exact) mass is 398 g/mol. The third-order valence-corrected chi connectivity index (χ3v) is 5.21. The maximum absolute atomic E-state index is 13.2. The first-order chi connectivity index (χ1) is 13.7. The van der Waals surface area contributed by atoms with Crippen LogP contribution in [0.5, 0.6) is 0 Å². The number of rotatable bonds is 4. The van der Waals surface area contributed by atoms with Crippen LogP contribution < -0.4 is 0 Å². The normalized spacial score (nSPS) is 15.7. The van der Waals surface area contributed by atoms with E-state index in [0.717, 1.165) is 16.6 Å². The van der Waals surface area contributed by atoms with Gasteiger partial charge in [-0.25, -0.2) is 14.6 Å². The molecule has 0 spiro atoms. The number of carbonyl (C=O) groups is 2. The number of hydrogen-bond acceptors (Lipinski definition) is 4. The summed E-state index contributed by atoms with van der Waals surface area (Å²) in [6, 6.07) is 3.75. The Morgan fingerprint density at radius 2 is 2.00 bits per heavy atom. The number of ether oxygens (including phenoxy) is 1. The summed E-state index contributed by atoms with van der Waals surface area (Å²) < 4.78 is 5.51. The van der Waals surface area contributed by atoms with E-state index in [0.29, 0.717) is 30.9 Å². The standard InChI is InChI=1S/C22H30N4O3/c1-7-25(8-2)21(28)26-12-16(20(27)29-14(3)4)18-17(22(5,6)13-26)15-10-9-11-23-19(15)24-18/h9-12,14H,7-8,13H2,1-6H3,(H,23,24). The molecule has 3 rings (SSSR count). The molecule has 0 atom stereocenters. The minimum absolute atomic E-state index is 0.120. The summed E-state index contributed by atoms with van der Waals surface area (Å²) in [6.45, 7) is 13.3. The maximum atomic E-state index is 13.2. The van der Waals surface area contributed by atoms with Gasteiger partial charge in [0.25, 0.3) is 0 Å². The highest BCUT2D eigenvalue weighted by Gasteiger charge is 2.38. The summed E-state index contributed by atoms with van der Waals surface area (Å²) >= 11 is 0. The van der Waals surface area contributed by atoms with E-state index >= 15 is 0 Å². The van der Waals surface area contributed by atoms with Gasteiger partial charge in [-0.15, -0.1) is 0 Å². The molecule has 2 aromatic heterocycles. The molecule has 0 saturated heterocycles. The zero-order valence-corrected chi connectivity index (χ0v) is 18.1. The van der Waals surface area contributed by atoms with Crippen LogP contribution in [0.4, 0.5) is 4.79 Å². The molecule has 156 valence electrons. The first kappa shape index (κ1) is 20.9. The molecule has 1 aliphatic heterocycles. The Morgan fingerprint density at radius 3 is 2.62 bits per heavy atom. The van der Waals surface area contributed by atoms with E-state index in [9.17, 15) is 9.59 Å². The summed E-state index contributed by atoms with van der Waals surface area (Å²) in [6.07, 6.45) is 3.09. The summed E-state index contributed by atoms with van der Waals surface area (Å²) in [7, 11) is 0. The van der Waals surface area contributed by atoms with Crippen LogP contribution in [0.3, 0.4) is 0 Å². The van der Waals surface area contributed by atoms with Gasteiger partial charge in [0.2, 0.25) is 0 Å². The van der Waals surface area contributed by atoms with E-state index in [2.05, 4.69) is 23.8 Å². The number of esters is 1. The Bertz CT molecular complexity index is 954. The number of carbonyl (C=O) groups excluding carboxylic acids is 2. The SMILES string of the molecule is CCN(CC)C(=O)N1C=C(C(=O)OC(C)C)c2[nH]c3ncccc3c2C(C)(C)C1. The topological polar surface area (TPSA) is 78.5 Å². The van der Waals surface area contributed by atoms with Crippen LogP contribution in [0.15, 0.2) is 24.5 Å². The van der Waals surface area contributed by atoms with Crippen molar-refractivity contribution in [2.24, 2.45) is 0 Å². The van der Waals surface area contributed by atoms with Crippen LogP contribution in [-0.2, 0) is 14.9 Å². The predicted molar refractivity (Wildman–Crippen MR) is 113 cm³/mol. The molecule has 2 aromatic rings. The molecule has 0 bridgehead atoms. The van der Waals surface area contributed by atoms with Gasteiger partial charge >= 0.3 is 12.0 Å². The number of hydrogen-bond donors (Lipinski definition) is 1. The van der Waals surface area contributed by atoms with Crippen molar-refractivity contribution in [1.82, 2.24) is 19.8 Å². The number of aromatic nitrogens is 2. The van der Waals surface area contributed by atoms with Gasteiger partial charge in [0.1, 0.15) is 5.65 Å². The highest BCUT2D eigenvalue weighted by atomic mass is 16.5. The zero-order chi connectivity index (χ0) is 21.3. The lowest BCUT2D eigenvalue weighted by Crippen LogP contribution is -2.44. The lowest BCUT2D eigenvalue weighted by molar-refractivity contribution is -0.140. The molecule has 0 radical (unpaired) electrons. The fourth-order valence-electron chi connectivity index (χ4n) is 3.93. The second-order valence-corrected chi connectivity index (χ2v) is 8.24. The van der Waals surface area contributed by atoms with Crippen LogP contribution >= 0.6 is 0 Å². The van der Waals surface area contributed by atoms with E-state index in [1.54, 1.807) is 22.2 Å². The number of nitrogens with one attached hydrogen (secondary N) is 1. The number of urea groups is 1. The molecule has 0 saturated carbocycles. The fraction of sp³-hybridized carbons (Fsp3) is 0.500. The Hall–Kier alpha value is -2.83. The summed E-state index contributed by atoms with van der Waals surface area (Å²) in [5.41, 5.74) is 2.30. The van der Waals surface area contributed by atoms with Crippen LogP contribution in [0.2, 0.25) is 0 Å². The van der Waals surface area contributed by atoms with Crippen molar-refractivity contribution in [3.05, 3.63) is 35.8 Å². The Kier molecular flexibility index (Phi) is 5.68. The van der Waals surface area contributed by atoms with Crippen molar-refractivity contribution in [2.75, 3.05) is 19.6 Å². The van der Waals surface area contributed by atoms with E-state index in [4.69, 9.17) is 4.74 Å². The van der Waals surface area contributed by atoms with Crippen LogP contribution in [0.1, 0.15) is 52.8 Å². The van der Waals surface area contributed by atoms with Gasteiger partial charge in [-0.1, -0.05) is 13.8 Å². The van der Waals surface area contributed by atoms with Gasteiger partial charge < -0.3 is 14.6 Å². The lowest BCUT2D eigenvalue weighted by Gasteiger charge is -2.32. The fourth-order valence-corrected chi connectivity index (χ4v) is 3.93. The molecular formula is C22H30N4O3. The van der Waals surface area contributed by atoms with Crippen LogP contribution in [0.25, 0.3) is 16.6 Å². The second-order valence-electron chi connectivity index (χ2n) is 8.24. The number of aromatic amines is 1. The quantitative estimate of drug-likeness (QED) is 0.792. The zero-order valence-electron chi connectivity index (χ0n) is 18.1. The molecule has 3 heterocycles. The van der Waals surface area contributed by atoms with Crippen LogP contribution in [-0.4, -0.2) is 57.5 Å². The Morgan fingerprint density at radius 1 is 1.31 bits per heavy atom. The van der Waals surface area contributed by atoms with Crippen molar-refractivity contribution < 1.29 is 14.3 Å². The van der Waals surface area contributed by atoms with Crippen LogP contribution in [0, 0.1) is 0 Å². The molecule has 0 aliphatic carbocycles. The lowest BCUT2D eigenvalue weighted by atomic mass is 9.82. The minimum Gasteiger partial charge on any atom is -0.459 e. The number of pyridine rings is 1. The molecule has 0 unspecified atom stereocenters.